The molecule has 1 aliphatic heterocycles. The van der Waals surface area contributed by atoms with Crippen LogP contribution in [-0.4, -0.2) is 37.2 Å². The van der Waals surface area contributed by atoms with E-state index >= 15 is 0 Å². The van der Waals surface area contributed by atoms with E-state index in [1.807, 2.05) is 6.92 Å². The van der Waals surface area contributed by atoms with Crippen LogP contribution in [0.5, 0.6) is 23.0 Å². The smallest absolute Gasteiger partial charge is 0.311 e. The van der Waals surface area contributed by atoms with E-state index in [1.165, 1.54) is 13.2 Å². The normalized spacial score (nSPS) is 14.5. The van der Waals surface area contributed by atoms with E-state index in [1.54, 1.807) is 53.4 Å². The van der Waals surface area contributed by atoms with Gasteiger partial charge in [0.1, 0.15) is 17.2 Å². The van der Waals surface area contributed by atoms with Gasteiger partial charge in [0.2, 0.25) is 0 Å². The predicted molar refractivity (Wildman–Crippen MR) is 134 cm³/mol. The Kier molecular flexibility index (Phi) is 7.38. The van der Waals surface area contributed by atoms with Crippen LogP contribution in [0.1, 0.15) is 35.2 Å². The maximum absolute atomic E-state index is 13.3. The molecule has 1 N–H and O–H groups in total. The summed E-state index contributed by atoms with van der Waals surface area (Å²) in [6.07, 6.45) is 0.416. The fraction of sp³-hybridized carbons (Fsp3) is 0.231. The van der Waals surface area contributed by atoms with Gasteiger partial charge in [0.15, 0.2) is 5.75 Å². The van der Waals surface area contributed by atoms with E-state index in [0.717, 1.165) is 0 Å². The van der Waals surface area contributed by atoms with Crippen molar-refractivity contribution in [3.63, 3.8) is 0 Å². The number of carboxylic acids is 1. The molecule has 1 heterocycles. The number of hydrogen-bond donors (Lipinski definition) is 1. The first kappa shape index (κ1) is 24.7. The molecule has 3 aromatic carbocycles. The van der Waals surface area contributed by atoms with Gasteiger partial charge in [-0.2, -0.15) is 0 Å². The van der Waals surface area contributed by atoms with E-state index in [4.69, 9.17) is 37.4 Å². The summed E-state index contributed by atoms with van der Waals surface area (Å²) in [5.74, 6) is -0.104. The van der Waals surface area contributed by atoms with Gasteiger partial charge >= 0.3 is 5.97 Å². The first-order valence-corrected chi connectivity index (χ1v) is 11.7. The Bertz CT molecular complexity index is 1280. The van der Waals surface area contributed by atoms with Crippen molar-refractivity contribution in [1.29, 1.82) is 0 Å². The summed E-state index contributed by atoms with van der Waals surface area (Å²) >= 11 is 12.7. The second kappa shape index (κ2) is 10.5. The molecule has 4 rings (SSSR count). The summed E-state index contributed by atoms with van der Waals surface area (Å²) in [5.41, 5.74) is 1.53. The number of carboxylic acid groups (broad SMARTS) is 1. The van der Waals surface area contributed by atoms with E-state index in [0.29, 0.717) is 64.4 Å². The standard InChI is InChI=1S/C26H23Cl2NO6/c1-3-29(21-6-4-5-19(27)24(21)33-2)25(30)15-7-10-22(20(28)13-15)35-16-8-9-17-18(26(31)32)11-12-34-23(17)14-16/h4-10,13-14,18H,3,11-12H2,1-2H3,(H,31,32). The van der Waals surface area contributed by atoms with E-state index < -0.39 is 11.9 Å². The Hall–Kier alpha value is -3.42. The van der Waals surface area contributed by atoms with Crippen molar-refractivity contribution < 1.29 is 28.9 Å². The van der Waals surface area contributed by atoms with Gasteiger partial charge in [-0.1, -0.05) is 35.3 Å². The Morgan fingerprint density at radius 2 is 1.91 bits per heavy atom. The third kappa shape index (κ3) is 5.01. The summed E-state index contributed by atoms with van der Waals surface area (Å²) in [6, 6.07) is 15.0. The zero-order chi connectivity index (χ0) is 25.1. The van der Waals surface area contributed by atoms with Gasteiger partial charge in [0, 0.05) is 23.7 Å². The third-order valence-electron chi connectivity index (χ3n) is 5.73. The molecule has 0 spiro atoms. The molecule has 35 heavy (non-hydrogen) atoms. The van der Waals surface area contributed by atoms with Gasteiger partial charge in [0.25, 0.3) is 5.91 Å². The molecule has 0 aliphatic carbocycles. The summed E-state index contributed by atoms with van der Waals surface area (Å²) in [4.78, 5) is 26.3. The predicted octanol–water partition coefficient (Wildman–Crippen LogP) is 6.41. The molecule has 0 aromatic heterocycles. The SMILES string of the molecule is CCN(C(=O)c1ccc(Oc2ccc3c(c2)OCCC3C(=O)O)c(Cl)c1)c1cccc(Cl)c1OC. The highest BCUT2D eigenvalue weighted by Gasteiger charge is 2.28. The minimum absolute atomic E-state index is 0.243. The lowest BCUT2D eigenvalue weighted by atomic mass is 9.93. The molecule has 3 aromatic rings. The zero-order valence-corrected chi connectivity index (χ0v) is 20.6. The lowest BCUT2D eigenvalue weighted by molar-refractivity contribution is -0.139. The number of anilines is 1. The fourth-order valence-corrected chi connectivity index (χ4v) is 4.49. The number of aliphatic carboxylic acids is 1. The third-order valence-corrected chi connectivity index (χ3v) is 6.32. The lowest BCUT2D eigenvalue weighted by Gasteiger charge is -2.24. The van der Waals surface area contributed by atoms with Gasteiger partial charge in [-0.25, -0.2) is 0 Å². The number of methoxy groups -OCH3 is 1. The summed E-state index contributed by atoms with van der Waals surface area (Å²) < 4.78 is 16.9. The molecular formula is C26H23Cl2NO6. The lowest BCUT2D eigenvalue weighted by Crippen LogP contribution is -2.31. The highest BCUT2D eigenvalue weighted by molar-refractivity contribution is 6.33. The maximum Gasteiger partial charge on any atom is 0.311 e. The second-order valence-corrected chi connectivity index (χ2v) is 8.63. The monoisotopic (exact) mass is 515 g/mol. The molecule has 1 unspecified atom stereocenters. The van der Waals surface area contributed by atoms with Crippen LogP contribution in [0.2, 0.25) is 10.0 Å². The van der Waals surface area contributed by atoms with Gasteiger partial charge in [-0.15, -0.1) is 0 Å². The quantitative estimate of drug-likeness (QED) is 0.391. The average Bonchev–Trinajstić information content (AvgIpc) is 2.85. The molecule has 7 nitrogen and oxygen atoms in total. The molecule has 0 radical (unpaired) electrons. The van der Waals surface area contributed by atoms with Crippen LogP contribution in [0.15, 0.2) is 54.6 Å². The number of carbonyl (C=O) groups is 2. The molecule has 1 atom stereocenters. The Balaban J connectivity index is 1.57. The van der Waals surface area contributed by atoms with Crippen molar-refractivity contribution >= 4 is 40.8 Å². The number of nitrogens with zero attached hydrogens (tertiary/aromatic N) is 1. The second-order valence-electron chi connectivity index (χ2n) is 7.82. The molecule has 9 heteroatoms. The molecule has 1 amide bonds. The number of rotatable bonds is 7. The molecule has 0 bridgehead atoms. The summed E-state index contributed by atoms with van der Waals surface area (Å²) in [6.45, 7) is 2.55. The number of amides is 1. The highest BCUT2D eigenvalue weighted by atomic mass is 35.5. The number of fused-ring (bicyclic) bond motifs is 1. The first-order valence-electron chi connectivity index (χ1n) is 10.9. The molecule has 182 valence electrons. The molecule has 0 fully saturated rings. The van der Waals surface area contributed by atoms with Gasteiger partial charge in [-0.3, -0.25) is 9.59 Å². The number of carbonyl (C=O) groups excluding carboxylic acids is 1. The van der Waals surface area contributed by atoms with E-state index in [-0.39, 0.29) is 10.9 Å². The van der Waals surface area contributed by atoms with Crippen LogP contribution < -0.4 is 19.1 Å². The van der Waals surface area contributed by atoms with Crippen LogP contribution in [-0.2, 0) is 4.79 Å². The number of benzene rings is 3. The number of halogens is 2. The van der Waals surface area contributed by atoms with Crippen LogP contribution >= 0.6 is 23.2 Å². The Labute approximate surface area is 212 Å². The average molecular weight is 516 g/mol. The van der Waals surface area contributed by atoms with Crippen molar-refractivity contribution in [2.45, 2.75) is 19.3 Å². The van der Waals surface area contributed by atoms with E-state index in [2.05, 4.69) is 0 Å². The van der Waals surface area contributed by atoms with Crippen molar-refractivity contribution in [3.05, 3.63) is 75.8 Å². The van der Waals surface area contributed by atoms with Crippen molar-refractivity contribution in [3.8, 4) is 23.0 Å². The van der Waals surface area contributed by atoms with Crippen molar-refractivity contribution in [2.24, 2.45) is 0 Å². The van der Waals surface area contributed by atoms with Crippen molar-refractivity contribution in [1.82, 2.24) is 0 Å². The Morgan fingerprint density at radius 3 is 2.60 bits per heavy atom. The van der Waals surface area contributed by atoms with Gasteiger partial charge < -0.3 is 24.2 Å². The largest absolute Gasteiger partial charge is 0.493 e. The molecule has 0 saturated heterocycles. The summed E-state index contributed by atoms with van der Waals surface area (Å²) in [5, 5.41) is 10.1. The highest BCUT2D eigenvalue weighted by Crippen LogP contribution is 2.39. The minimum Gasteiger partial charge on any atom is -0.493 e. The Morgan fingerprint density at radius 1 is 1.11 bits per heavy atom. The molecule has 1 aliphatic rings. The zero-order valence-electron chi connectivity index (χ0n) is 19.1. The van der Waals surface area contributed by atoms with Crippen LogP contribution in [0, 0.1) is 0 Å². The van der Waals surface area contributed by atoms with Gasteiger partial charge in [-0.05, 0) is 49.7 Å². The first-order chi connectivity index (χ1) is 16.8. The van der Waals surface area contributed by atoms with Crippen LogP contribution in [0.4, 0.5) is 5.69 Å². The molecular weight excluding hydrogens is 493 g/mol. The number of para-hydroxylation sites is 1. The number of ether oxygens (including phenoxy) is 3. The fourth-order valence-electron chi connectivity index (χ4n) is 4.02. The van der Waals surface area contributed by atoms with E-state index in [9.17, 15) is 14.7 Å². The number of hydrogen-bond acceptors (Lipinski definition) is 5. The minimum atomic E-state index is -0.886. The van der Waals surface area contributed by atoms with Gasteiger partial charge in [0.05, 0.1) is 35.4 Å². The molecule has 0 saturated carbocycles. The summed E-state index contributed by atoms with van der Waals surface area (Å²) in [7, 11) is 1.50. The maximum atomic E-state index is 13.3. The van der Waals surface area contributed by atoms with Crippen LogP contribution in [0.3, 0.4) is 0 Å². The van der Waals surface area contributed by atoms with Crippen LogP contribution in [0.25, 0.3) is 0 Å². The van der Waals surface area contributed by atoms with Crippen molar-refractivity contribution in [2.75, 3.05) is 25.2 Å². The topological polar surface area (TPSA) is 85.3 Å².